The summed E-state index contributed by atoms with van der Waals surface area (Å²) in [7, 11) is 0. The summed E-state index contributed by atoms with van der Waals surface area (Å²) in [6.07, 6.45) is 9.62. The van der Waals surface area contributed by atoms with E-state index in [1.165, 1.54) is 12.1 Å². The number of hydrogen-bond donors (Lipinski definition) is 1. The summed E-state index contributed by atoms with van der Waals surface area (Å²) >= 11 is 0. The number of benzene rings is 2. The van der Waals surface area contributed by atoms with E-state index in [1.54, 1.807) is 37.4 Å². The van der Waals surface area contributed by atoms with Crippen LogP contribution in [0, 0.1) is 29.9 Å². The molecule has 36 heavy (non-hydrogen) atoms. The van der Waals surface area contributed by atoms with Gasteiger partial charge in [0.25, 0.3) is 5.91 Å². The SMILES string of the molecule is C/C=C\C(=C/CCCC#N)c1cc(Oc2cccc(C(=O)NCc3cc(F)cc(F)c3)c2C)ccn1. The molecular weight excluding hydrogens is 460 g/mol. The summed E-state index contributed by atoms with van der Waals surface area (Å²) in [5, 5.41) is 11.4. The smallest absolute Gasteiger partial charge is 0.251 e. The number of halogens is 2. The third-order valence-corrected chi connectivity index (χ3v) is 5.36. The number of carbonyl (C=O) groups is 1. The molecule has 0 saturated heterocycles. The van der Waals surface area contributed by atoms with Crippen molar-refractivity contribution in [3.05, 3.63) is 107 Å². The lowest BCUT2D eigenvalue weighted by atomic mass is 10.1. The molecule has 0 aliphatic rings. The number of nitriles is 1. The minimum absolute atomic E-state index is 0.0137. The molecule has 1 aromatic heterocycles. The summed E-state index contributed by atoms with van der Waals surface area (Å²) in [5.41, 5.74) is 3.01. The lowest BCUT2D eigenvalue weighted by Crippen LogP contribution is -2.23. The maximum absolute atomic E-state index is 13.4. The second-order valence-corrected chi connectivity index (χ2v) is 8.08. The highest BCUT2D eigenvalue weighted by Crippen LogP contribution is 2.29. The van der Waals surface area contributed by atoms with Crippen molar-refractivity contribution in [2.24, 2.45) is 0 Å². The maximum atomic E-state index is 13.4. The monoisotopic (exact) mass is 487 g/mol. The van der Waals surface area contributed by atoms with Crippen LogP contribution in [0.1, 0.15) is 53.4 Å². The Morgan fingerprint density at radius 2 is 1.94 bits per heavy atom. The molecule has 0 atom stereocenters. The first-order valence-electron chi connectivity index (χ1n) is 11.6. The summed E-state index contributed by atoms with van der Waals surface area (Å²) in [6.45, 7) is 3.68. The average molecular weight is 488 g/mol. The molecule has 184 valence electrons. The molecule has 0 spiro atoms. The quantitative estimate of drug-likeness (QED) is 0.246. The number of aromatic nitrogens is 1. The van der Waals surface area contributed by atoms with Gasteiger partial charge in [-0.25, -0.2) is 8.78 Å². The molecule has 0 saturated carbocycles. The molecule has 0 fully saturated rings. The van der Waals surface area contributed by atoms with Crippen LogP contribution >= 0.6 is 0 Å². The van der Waals surface area contributed by atoms with Crippen LogP contribution in [0.5, 0.6) is 11.5 Å². The van der Waals surface area contributed by atoms with Crippen LogP contribution < -0.4 is 10.1 Å². The highest BCUT2D eigenvalue weighted by atomic mass is 19.1. The summed E-state index contributed by atoms with van der Waals surface area (Å²) < 4.78 is 32.9. The van der Waals surface area contributed by atoms with E-state index >= 15 is 0 Å². The fourth-order valence-corrected chi connectivity index (χ4v) is 3.60. The Morgan fingerprint density at radius 3 is 2.67 bits per heavy atom. The first-order chi connectivity index (χ1) is 17.4. The van der Waals surface area contributed by atoms with Crippen LogP contribution in [-0.2, 0) is 6.54 Å². The Morgan fingerprint density at radius 1 is 1.17 bits per heavy atom. The number of unbranched alkanes of at least 4 members (excludes halogenated alkanes) is 2. The van der Waals surface area contributed by atoms with E-state index in [4.69, 9.17) is 10.00 Å². The van der Waals surface area contributed by atoms with E-state index in [9.17, 15) is 13.6 Å². The van der Waals surface area contributed by atoms with Gasteiger partial charge in [0.05, 0.1) is 11.8 Å². The number of pyridine rings is 1. The number of amides is 1. The zero-order valence-corrected chi connectivity index (χ0v) is 20.2. The van der Waals surface area contributed by atoms with Crippen LogP contribution in [0.15, 0.2) is 73.0 Å². The largest absolute Gasteiger partial charge is 0.457 e. The van der Waals surface area contributed by atoms with Gasteiger partial charge in [-0.15, -0.1) is 0 Å². The number of nitrogens with one attached hydrogen (secondary N) is 1. The Labute approximate surface area is 209 Å². The van der Waals surface area contributed by atoms with Crippen LogP contribution in [0.3, 0.4) is 0 Å². The molecule has 0 aliphatic carbocycles. The van der Waals surface area contributed by atoms with Gasteiger partial charge < -0.3 is 10.1 Å². The zero-order valence-electron chi connectivity index (χ0n) is 20.2. The van der Waals surface area contributed by atoms with E-state index in [0.717, 1.165) is 30.2 Å². The van der Waals surface area contributed by atoms with Gasteiger partial charge in [0.2, 0.25) is 0 Å². The first kappa shape index (κ1) is 26.3. The zero-order chi connectivity index (χ0) is 25.9. The standard InChI is InChI=1S/C29H27F2N3O2/c1-3-8-22(9-5-4-6-13-32)27-18-25(12-14-33-27)36-28-11-7-10-26(20(28)2)29(35)34-19-21-15-23(30)17-24(31)16-21/h3,7-12,14-18H,4-6,19H2,1-2H3,(H,34,35)/b8-3-,22-9+. The second-order valence-electron chi connectivity index (χ2n) is 8.08. The molecule has 5 nitrogen and oxygen atoms in total. The average Bonchev–Trinajstić information content (AvgIpc) is 2.85. The molecule has 0 unspecified atom stereocenters. The first-order valence-corrected chi connectivity index (χ1v) is 11.6. The number of rotatable bonds is 10. The topological polar surface area (TPSA) is 75.0 Å². The lowest BCUT2D eigenvalue weighted by Gasteiger charge is -2.13. The Hall–Kier alpha value is -4.31. The molecule has 3 aromatic rings. The molecule has 7 heteroatoms. The molecule has 1 amide bonds. The molecule has 2 aromatic carbocycles. The predicted molar refractivity (Wildman–Crippen MR) is 135 cm³/mol. The Balaban J connectivity index is 1.76. The number of ether oxygens (including phenoxy) is 1. The predicted octanol–water partition coefficient (Wildman–Crippen LogP) is 7.04. The fourth-order valence-electron chi connectivity index (χ4n) is 3.60. The number of allylic oxidation sites excluding steroid dienone is 4. The Bertz CT molecular complexity index is 1310. The molecular formula is C29H27F2N3O2. The van der Waals surface area contributed by atoms with Gasteiger partial charge in [-0.2, -0.15) is 5.26 Å². The van der Waals surface area contributed by atoms with Crippen molar-refractivity contribution in [1.29, 1.82) is 5.26 Å². The summed E-state index contributed by atoms with van der Waals surface area (Å²) in [5.74, 6) is -0.714. The van der Waals surface area contributed by atoms with Crippen molar-refractivity contribution in [2.75, 3.05) is 0 Å². The number of carbonyl (C=O) groups excluding carboxylic acids is 1. The van der Waals surface area contributed by atoms with E-state index < -0.39 is 11.6 Å². The van der Waals surface area contributed by atoms with Crippen LogP contribution in [0.2, 0.25) is 0 Å². The van der Waals surface area contributed by atoms with Crippen molar-refractivity contribution >= 4 is 11.5 Å². The molecule has 3 rings (SSSR count). The normalized spacial score (nSPS) is 11.4. The van der Waals surface area contributed by atoms with Gasteiger partial charge in [-0.1, -0.05) is 24.3 Å². The number of nitrogens with zero attached hydrogens (tertiary/aromatic N) is 2. The van der Waals surface area contributed by atoms with Crippen LogP contribution in [0.4, 0.5) is 8.78 Å². The van der Waals surface area contributed by atoms with Gasteiger partial charge in [-0.3, -0.25) is 9.78 Å². The molecule has 1 heterocycles. The van der Waals surface area contributed by atoms with Gasteiger partial charge in [0.1, 0.15) is 23.1 Å². The summed E-state index contributed by atoms with van der Waals surface area (Å²) in [6, 6.07) is 14.0. The van der Waals surface area contributed by atoms with Gasteiger partial charge in [0.15, 0.2) is 0 Å². The van der Waals surface area contributed by atoms with Crippen molar-refractivity contribution in [2.45, 2.75) is 39.7 Å². The molecule has 0 bridgehead atoms. The maximum Gasteiger partial charge on any atom is 0.251 e. The fraction of sp³-hybridized carbons (Fsp3) is 0.207. The van der Waals surface area contributed by atoms with Crippen LogP contribution in [0.25, 0.3) is 5.57 Å². The van der Waals surface area contributed by atoms with Crippen molar-refractivity contribution in [3.8, 4) is 17.6 Å². The van der Waals surface area contributed by atoms with E-state index in [2.05, 4.69) is 16.4 Å². The van der Waals surface area contributed by atoms with Gasteiger partial charge >= 0.3 is 0 Å². The third kappa shape index (κ3) is 7.34. The van der Waals surface area contributed by atoms with Crippen LogP contribution in [-0.4, -0.2) is 10.9 Å². The highest BCUT2D eigenvalue weighted by Gasteiger charge is 2.14. The van der Waals surface area contributed by atoms with E-state index in [1.807, 2.05) is 31.2 Å². The second kappa shape index (κ2) is 13.0. The highest BCUT2D eigenvalue weighted by molar-refractivity contribution is 5.96. The van der Waals surface area contributed by atoms with Crippen molar-refractivity contribution < 1.29 is 18.3 Å². The molecule has 0 aliphatic heterocycles. The Kier molecular flexibility index (Phi) is 9.47. The third-order valence-electron chi connectivity index (χ3n) is 5.36. The lowest BCUT2D eigenvalue weighted by molar-refractivity contribution is 0.0950. The minimum atomic E-state index is -0.697. The van der Waals surface area contributed by atoms with Crippen molar-refractivity contribution in [3.63, 3.8) is 0 Å². The number of hydrogen-bond acceptors (Lipinski definition) is 4. The van der Waals surface area contributed by atoms with Crippen molar-refractivity contribution in [1.82, 2.24) is 10.3 Å². The van der Waals surface area contributed by atoms with Gasteiger partial charge in [0, 0.05) is 42.4 Å². The minimum Gasteiger partial charge on any atom is -0.457 e. The summed E-state index contributed by atoms with van der Waals surface area (Å²) in [4.78, 5) is 17.2. The van der Waals surface area contributed by atoms with E-state index in [0.29, 0.717) is 34.6 Å². The molecule has 1 N–H and O–H groups in total. The van der Waals surface area contributed by atoms with Gasteiger partial charge in [-0.05, 0) is 68.2 Å². The van der Waals surface area contributed by atoms with E-state index in [-0.39, 0.29) is 12.5 Å². The molecule has 0 radical (unpaired) electrons.